The van der Waals surface area contributed by atoms with Crippen molar-refractivity contribution in [2.24, 2.45) is 0 Å². The van der Waals surface area contributed by atoms with E-state index in [-0.39, 0.29) is 6.61 Å². The molecule has 0 unspecified atom stereocenters. The SMILES string of the molecule is COc1cc(/C=C(/C#N)c2nc3ccc(C)cc3[nH]2)ccc1OCc1ccc(Cl)cc1Cl. The number of nitrogens with zero attached hydrogens (tertiary/aromatic N) is 2. The molecule has 160 valence electrons. The van der Waals surface area contributed by atoms with Crippen LogP contribution in [0.25, 0.3) is 22.7 Å². The molecule has 1 N–H and O–H groups in total. The van der Waals surface area contributed by atoms with Crippen molar-refractivity contribution in [2.45, 2.75) is 13.5 Å². The van der Waals surface area contributed by atoms with Crippen molar-refractivity contribution >= 4 is 45.9 Å². The molecule has 1 aromatic heterocycles. The minimum absolute atomic E-state index is 0.267. The van der Waals surface area contributed by atoms with Crippen molar-refractivity contribution in [2.75, 3.05) is 7.11 Å². The van der Waals surface area contributed by atoms with Crippen molar-refractivity contribution in [1.29, 1.82) is 5.26 Å². The van der Waals surface area contributed by atoms with E-state index in [1.54, 1.807) is 31.4 Å². The van der Waals surface area contributed by atoms with Crippen molar-refractivity contribution in [3.8, 4) is 17.6 Å². The summed E-state index contributed by atoms with van der Waals surface area (Å²) >= 11 is 12.2. The zero-order valence-electron chi connectivity index (χ0n) is 17.4. The van der Waals surface area contributed by atoms with Crippen LogP contribution in [0.4, 0.5) is 0 Å². The first-order chi connectivity index (χ1) is 15.5. The van der Waals surface area contributed by atoms with E-state index in [0.717, 1.165) is 27.7 Å². The molecule has 7 heteroatoms. The lowest BCUT2D eigenvalue weighted by Gasteiger charge is -2.12. The number of H-pyrrole nitrogens is 1. The molecule has 1 heterocycles. The second kappa shape index (κ2) is 9.35. The molecule has 0 bridgehead atoms. The van der Waals surface area contributed by atoms with Crippen LogP contribution < -0.4 is 9.47 Å². The molecule has 0 aliphatic rings. The van der Waals surface area contributed by atoms with Gasteiger partial charge >= 0.3 is 0 Å². The van der Waals surface area contributed by atoms with E-state index in [0.29, 0.717) is 32.9 Å². The smallest absolute Gasteiger partial charge is 0.161 e. The van der Waals surface area contributed by atoms with Crippen molar-refractivity contribution in [3.05, 3.63) is 87.2 Å². The minimum atomic E-state index is 0.267. The maximum atomic E-state index is 9.70. The van der Waals surface area contributed by atoms with Gasteiger partial charge in [-0.3, -0.25) is 0 Å². The highest BCUT2D eigenvalue weighted by Crippen LogP contribution is 2.31. The molecule has 5 nitrogen and oxygen atoms in total. The number of aryl methyl sites for hydroxylation is 1. The number of imidazole rings is 1. The summed E-state index contributed by atoms with van der Waals surface area (Å²) in [4.78, 5) is 7.75. The maximum Gasteiger partial charge on any atom is 0.161 e. The van der Waals surface area contributed by atoms with E-state index in [1.807, 2.05) is 43.3 Å². The van der Waals surface area contributed by atoms with Gasteiger partial charge < -0.3 is 14.5 Å². The molecule has 0 aliphatic heterocycles. The average Bonchev–Trinajstić information content (AvgIpc) is 3.20. The molecule has 4 aromatic rings. The third-order valence-electron chi connectivity index (χ3n) is 4.91. The van der Waals surface area contributed by atoms with E-state index in [9.17, 15) is 5.26 Å². The number of allylic oxidation sites excluding steroid dienone is 1. The number of methoxy groups -OCH3 is 1. The summed E-state index contributed by atoms with van der Waals surface area (Å²) in [5, 5.41) is 10.8. The molecule has 0 saturated carbocycles. The third kappa shape index (κ3) is 4.72. The molecule has 0 fully saturated rings. The first kappa shape index (κ1) is 21.8. The number of fused-ring (bicyclic) bond motifs is 1. The summed E-state index contributed by atoms with van der Waals surface area (Å²) in [5.41, 5.74) is 4.84. The van der Waals surface area contributed by atoms with Gasteiger partial charge in [-0.2, -0.15) is 5.26 Å². The first-order valence-corrected chi connectivity index (χ1v) is 10.6. The van der Waals surface area contributed by atoms with Crippen LogP contribution in [0.3, 0.4) is 0 Å². The predicted octanol–water partition coefficient (Wildman–Crippen LogP) is 6.83. The van der Waals surface area contributed by atoms with Crippen LogP contribution in [0.2, 0.25) is 10.0 Å². The number of hydrogen-bond acceptors (Lipinski definition) is 4. The van der Waals surface area contributed by atoms with Crippen LogP contribution in [0.15, 0.2) is 54.6 Å². The monoisotopic (exact) mass is 463 g/mol. The molecule has 0 amide bonds. The van der Waals surface area contributed by atoms with Gasteiger partial charge in [0.25, 0.3) is 0 Å². The number of aromatic amines is 1. The summed E-state index contributed by atoms with van der Waals surface area (Å²) in [6, 6.07) is 18.9. The van der Waals surface area contributed by atoms with Crippen molar-refractivity contribution in [3.63, 3.8) is 0 Å². The van der Waals surface area contributed by atoms with Gasteiger partial charge in [0, 0.05) is 15.6 Å². The molecule has 0 atom stereocenters. The Kier molecular flexibility index (Phi) is 6.36. The zero-order valence-corrected chi connectivity index (χ0v) is 19.0. The standard InChI is InChI=1S/C25H19Cl2N3O2/c1-15-3-7-21-22(9-15)30-25(29-21)18(13-28)10-16-4-8-23(24(11-16)31-2)32-14-17-5-6-19(26)12-20(17)27/h3-12H,14H2,1-2H3,(H,29,30)/b18-10-. The van der Waals surface area contributed by atoms with Gasteiger partial charge in [-0.25, -0.2) is 4.98 Å². The number of aromatic nitrogens is 2. The van der Waals surface area contributed by atoms with E-state index in [1.165, 1.54) is 0 Å². The van der Waals surface area contributed by atoms with Crippen LogP contribution in [0.5, 0.6) is 11.5 Å². The van der Waals surface area contributed by atoms with E-state index in [2.05, 4.69) is 16.0 Å². The van der Waals surface area contributed by atoms with Crippen molar-refractivity contribution < 1.29 is 9.47 Å². The quantitative estimate of drug-likeness (QED) is 0.318. The van der Waals surface area contributed by atoms with E-state index >= 15 is 0 Å². The molecule has 4 rings (SSSR count). The molecule has 0 spiro atoms. The Balaban J connectivity index is 1.59. The predicted molar refractivity (Wildman–Crippen MR) is 128 cm³/mol. The van der Waals surface area contributed by atoms with Crippen molar-refractivity contribution in [1.82, 2.24) is 9.97 Å². The minimum Gasteiger partial charge on any atom is -0.493 e. The number of rotatable bonds is 6. The molecule has 0 radical (unpaired) electrons. The van der Waals surface area contributed by atoms with Gasteiger partial charge in [0.15, 0.2) is 11.5 Å². The summed E-state index contributed by atoms with van der Waals surface area (Å²) in [6.07, 6.45) is 1.76. The maximum absolute atomic E-state index is 9.70. The van der Waals surface area contributed by atoms with Gasteiger partial charge in [-0.15, -0.1) is 0 Å². The number of ether oxygens (including phenoxy) is 2. The van der Waals surface area contributed by atoms with Gasteiger partial charge in [-0.05, 0) is 60.5 Å². The van der Waals surface area contributed by atoms with Gasteiger partial charge in [-0.1, -0.05) is 41.4 Å². The Morgan fingerprint density at radius 1 is 1.09 bits per heavy atom. The number of benzene rings is 3. The van der Waals surface area contributed by atoms with E-state index in [4.69, 9.17) is 32.7 Å². The lowest BCUT2D eigenvalue weighted by atomic mass is 10.1. The Bertz CT molecular complexity index is 1370. The highest BCUT2D eigenvalue weighted by atomic mass is 35.5. The summed E-state index contributed by atoms with van der Waals surface area (Å²) in [6.45, 7) is 2.28. The largest absolute Gasteiger partial charge is 0.493 e. The zero-order chi connectivity index (χ0) is 22.7. The molecule has 0 aliphatic carbocycles. The van der Waals surface area contributed by atoms with Crippen LogP contribution >= 0.6 is 23.2 Å². The first-order valence-electron chi connectivity index (χ1n) is 9.80. The summed E-state index contributed by atoms with van der Waals surface area (Å²) in [7, 11) is 1.57. The fourth-order valence-corrected chi connectivity index (χ4v) is 3.72. The molecule has 3 aromatic carbocycles. The Hall–Kier alpha value is -3.46. The number of nitrogens with one attached hydrogen (secondary N) is 1. The molecule has 0 saturated heterocycles. The van der Waals surface area contributed by atoms with Gasteiger partial charge in [0.05, 0.1) is 23.7 Å². The second-order valence-corrected chi connectivity index (χ2v) is 8.05. The molecular formula is C25H19Cl2N3O2. The Labute approximate surface area is 195 Å². The average molecular weight is 464 g/mol. The lowest BCUT2D eigenvalue weighted by Crippen LogP contribution is -1.98. The Morgan fingerprint density at radius 3 is 2.69 bits per heavy atom. The number of nitriles is 1. The van der Waals surface area contributed by atoms with Crippen LogP contribution in [0.1, 0.15) is 22.5 Å². The fourth-order valence-electron chi connectivity index (χ4n) is 3.26. The van der Waals surface area contributed by atoms with Gasteiger partial charge in [0.2, 0.25) is 0 Å². The lowest BCUT2D eigenvalue weighted by molar-refractivity contribution is 0.284. The number of hydrogen-bond donors (Lipinski definition) is 1. The van der Waals surface area contributed by atoms with Gasteiger partial charge in [0.1, 0.15) is 18.5 Å². The molecular weight excluding hydrogens is 445 g/mol. The highest BCUT2D eigenvalue weighted by Gasteiger charge is 2.11. The highest BCUT2D eigenvalue weighted by molar-refractivity contribution is 6.35. The fraction of sp³-hybridized carbons (Fsp3) is 0.120. The van der Waals surface area contributed by atoms with Crippen LogP contribution in [-0.2, 0) is 6.61 Å². The summed E-state index contributed by atoms with van der Waals surface area (Å²) < 4.78 is 11.4. The Morgan fingerprint density at radius 2 is 1.94 bits per heavy atom. The third-order valence-corrected chi connectivity index (χ3v) is 5.50. The second-order valence-electron chi connectivity index (χ2n) is 7.21. The molecule has 32 heavy (non-hydrogen) atoms. The normalized spacial score (nSPS) is 11.4. The van der Waals surface area contributed by atoms with Crippen LogP contribution in [-0.4, -0.2) is 17.1 Å². The van der Waals surface area contributed by atoms with Crippen LogP contribution in [0, 0.1) is 18.3 Å². The number of halogens is 2. The summed E-state index contributed by atoms with van der Waals surface area (Å²) in [5.74, 6) is 1.62. The topological polar surface area (TPSA) is 70.9 Å². The van der Waals surface area contributed by atoms with E-state index < -0.39 is 0 Å².